The highest BCUT2D eigenvalue weighted by molar-refractivity contribution is 6.07. The molecule has 0 saturated carbocycles. The van der Waals surface area contributed by atoms with Crippen LogP contribution in [0.5, 0.6) is 0 Å². The average Bonchev–Trinajstić information content (AvgIpc) is 2.82. The number of nitrogens with one attached hydrogen (secondary N) is 1. The predicted octanol–water partition coefficient (Wildman–Crippen LogP) is 4.13. The van der Waals surface area contributed by atoms with Crippen molar-refractivity contribution in [2.24, 2.45) is 7.05 Å². The second-order valence-electron chi connectivity index (χ2n) is 8.32. The zero-order valence-electron chi connectivity index (χ0n) is 20.2. The molecule has 1 aliphatic rings. The third-order valence-electron chi connectivity index (χ3n) is 6.09. The van der Waals surface area contributed by atoms with E-state index in [0.717, 1.165) is 59.6 Å². The molecular formula is C26H33N5O2. The largest absolute Gasteiger partial charge is 0.378 e. The smallest absolute Gasteiger partial charge is 0.253 e. The van der Waals surface area contributed by atoms with Crippen LogP contribution in [0.4, 0.5) is 0 Å². The van der Waals surface area contributed by atoms with Crippen LogP contribution in [0.25, 0.3) is 11.1 Å². The number of nitrogens with zero attached hydrogens (tertiary/aromatic N) is 4. The fourth-order valence-corrected chi connectivity index (χ4v) is 4.11. The van der Waals surface area contributed by atoms with E-state index < -0.39 is 0 Å². The lowest BCUT2D eigenvalue weighted by molar-refractivity contribution is 0.181. The van der Waals surface area contributed by atoms with Crippen molar-refractivity contribution in [2.45, 2.75) is 46.8 Å². The molecular weight excluding hydrogens is 414 g/mol. The highest BCUT2D eigenvalue weighted by Crippen LogP contribution is 2.29. The lowest BCUT2D eigenvalue weighted by Gasteiger charge is -2.33. The van der Waals surface area contributed by atoms with Crippen molar-refractivity contribution in [3.8, 4) is 0 Å². The molecule has 0 aromatic carbocycles. The molecule has 0 bridgehead atoms. The van der Waals surface area contributed by atoms with Crippen LogP contribution in [0, 0.1) is 5.41 Å². The van der Waals surface area contributed by atoms with Gasteiger partial charge < -0.3 is 15.0 Å². The third-order valence-corrected chi connectivity index (χ3v) is 6.09. The molecule has 0 radical (unpaired) electrons. The van der Waals surface area contributed by atoms with Crippen molar-refractivity contribution in [3.05, 3.63) is 80.9 Å². The van der Waals surface area contributed by atoms with E-state index in [1.54, 1.807) is 24.9 Å². The number of rotatable bonds is 8. The SMILES string of the molecule is C=C(C=N)c1cnc2c(c1)CN(C(=C\CC)/C(C)=C(/C)c1nc(COC)cc(=O)n1C)CC2. The second kappa shape index (κ2) is 10.5. The summed E-state index contributed by atoms with van der Waals surface area (Å²) >= 11 is 0. The fourth-order valence-electron chi connectivity index (χ4n) is 4.11. The number of allylic oxidation sites excluding steroid dienone is 4. The third kappa shape index (κ3) is 5.20. The molecule has 2 aromatic heterocycles. The zero-order chi connectivity index (χ0) is 24.1. The van der Waals surface area contributed by atoms with Crippen LogP contribution in [0.3, 0.4) is 0 Å². The fraction of sp³-hybridized carbons (Fsp3) is 0.385. The summed E-state index contributed by atoms with van der Waals surface area (Å²) in [6.07, 6.45) is 7.04. The molecule has 174 valence electrons. The minimum absolute atomic E-state index is 0.0999. The van der Waals surface area contributed by atoms with Crippen molar-refractivity contribution in [1.82, 2.24) is 19.4 Å². The van der Waals surface area contributed by atoms with Gasteiger partial charge in [0.1, 0.15) is 5.82 Å². The molecule has 0 amide bonds. The van der Waals surface area contributed by atoms with Crippen molar-refractivity contribution < 1.29 is 4.74 Å². The first-order chi connectivity index (χ1) is 15.8. The predicted molar refractivity (Wildman–Crippen MR) is 133 cm³/mol. The summed E-state index contributed by atoms with van der Waals surface area (Å²) in [4.78, 5) is 24.2. The molecule has 1 N–H and O–H groups in total. The average molecular weight is 448 g/mol. The summed E-state index contributed by atoms with van der Waals surface area (Å²) in [5.74, 6) is 0.651. The van der Waals surface area contributed by atoms with E-state index in [1.165, 1.54) is 12.3 Å². The number of hydrogen-bond acceptors (Lipinski definition) is 6. The van der Waals surface area contributed by atoms with Crippen LogP contribution in [0.1, 0.15) is 55.5 Å². The Hall–Kier alpha value is -3.32. The number of pyridine rings is 1. The Balaban J connectivity index is 2.01. The maximum absolute atomic E-state index is 12.5. The number of methoxy groups -OCH3 is 1. The summed E-state index contributed by atoms with van der Waals surface area (Å²) in [6, 6.07) is 3.61. The highest BCUT2D eigenvalue weighted by Gasteiger charge is 2.22. The van der Waals surface area contributed by atoms with Gasteiger partial charge in [0.05, 0.1) is 12.3 Å². The first-order valence-electron chi connectivity index (χ1n) is 11.2. The van der Waals surface area contributed by atoms with Gasteiger partial charge in [-0.1, -0.05) is 19.6 Å². The van der Waals surface area contributed by atoms with Gasteiger partial charge >= 0.3 is 0 Å². The van der Waals surface area contributed by atoms with E-state index in [9.17, 15) is 4.79 Å². The minimum atomic E-state index is -0.0999. The lowest BCUT2D eigenvalue weighted by atomic mass is 9.98. The van der Waals surface area contributed by atoms with Gasteiger partial charge in [0, 0.05) is 69.1 Å². The van der Waals surface area contributed by atoms with Crippen LogP contribution in [0.15, 0.2) is 47.0 Å². The number of fused-ring (bicyclic) bond motifs is 1. The van der Waals surface area contributed by atoms with Gasteiger partial charge in [0.25, 0.3) is 5.56 Å². The first kappa shape index (κ1) is 24.3. The topological polar surface area (TPSA) is 84.1 Å². The van der Waals surface area contributed by atoms with E-state index in [2.05, 4.69) is 42.5 Å². The molecule has 7 heteroatoms. The molecule has 0 unspecified atom stereocenters. The molecule has 0 spiro atoms. The van der Waals surface area contributed by atoms with E-state index in [4.69, 9.17) is 15.1 Å². The molecule has 7 nitrogen and oxygen atoms in total. The van der Waals surface area contributed by atoms with E-state index >= 15 is 0 Å². The Morgan fingerprint density at radius 1 is 1.33 bits per heavy atom. The van der Waals surface area contributed by atoms with E-state index in [-0.39, 0.29) is 5.56 Å². The van der Waals surface area contributed by atoms with Crippen molar-refractivity contribution in [3.63, 3.8) is 0 Å². The monoisotopic (exact) mass is 447 g/mol. The lowest BCUT2D eigenvalue weighted by Crippen LogP contribution is -2.31. The molecule has 1 aliphatic heterocycles. The second-order valence-corrected chi connectivity index (χ2v) is 8.32. The van der Waals surface area contributed by atoms with Gasteiger partial charge in [-0.25, -0.2) is 4.98 Å². The molecule has 33 heavy (non-hydrogen) atoms. The summed E-state index contributed by atoms with van der Waals surface area (Å²) in [5, 5.41) is 7.49. The van der Waals surface area contributed by atoms with Crippen molar-refractivity contribution in [2.75, 3.05) is 13.7 Å². The van der Waals surface area contributed by atoms with Crippen LogP contribution in [-0.2, 0) is 31.4 Å². The summed E-state index contributed by atoms with van der Waals surface area (Å²) in [6.45, 7) is 12.1. The number of aromatic nitrogens is 3. The quantitative estimate of drug-likeness (QED) is 0.486. The molecule has 0 aliphatic carbocycles. The standard InChI is InChI=1S/C26H33N5O2/c1-7-8-24(18(3)19(4)26-29-22(16-33-6)12-25(32)30(26)5)31-10-9-23-21(15-31)11-20(14-28-23)17(2)13-27/h8,11-14,27H,2,7,9-10,15-16H2,1,3-6H3/b19-18-,24-8-,27-13?. The first-order valence-corrected chi connectivity index (χ1v) is 11.2. The summed E-state index contributed by atoms with van der Waals surface area (Å²) in [7, 11) is 3.35. The number of hydrogen-bond donors (Lipinski definition) is 1. The maximum Gasteiger partial charge on any atom is 0.253 e. The number of ether oxygens (including phenoxy) is 1. The zero-order valence-corrected chi connectivity index (χ0v) is 20.2. The Morgan fingerprint density at radius 3 is 2.76 bits per heavy atom. The van der Waals surface area contributed by atoms with Crippen LogP contribution >= 0.6 is 0 Å². The van der Waals surface area contributed by atoms with Gasteiger partial charge in [-0.05, 0) is 48.6 Å². The van der Waals surface area contributed by atoms with Gasteiger partial charge in [-0.15, -0.1) is 0 Å². The molecule has 2 aromatic rings. The van der Waals surface area contributed by atoms with E-state index in [1.807, 2.05) is 6.92 Å². The van der Waals surface area contributed by atoms with Gasteiger partial charge in [-0.3, -0.25) is 14.3 Å². The molecule has 0 saturated heterocycles. The summed E-state index contributed by atoms with van der Waals surface area (Å²) in [5.41, 5.74) is 7.50. The Morgan fingerprint density at radius 2 is 2.09 bits per heavy atom. The van der Waals surface area contributed by atoms with Crippen LogP contribution in [-0.4, -0.2) is 39.3 Å². The molecule has 3 rings (SSSR count). The van der Waals surface area contributed by atoms with Crippen molar-refractivity contribution in [1.29, 1.82) is 5.41 Å². The normalized spacial score (nSPS) is 14.6. The van der Waals surface area contributed by atoms with Gasteiger partial charge in [-0.2, -0.15) is 0 Å². The van der Waals surface area contributed by atoms with Crippen LogP contribution in [0.2, 0.25) is 0 Å². The van der Waals surface area contributed by atoms with E-state index in [0.29, 0.717) is 23.7 Å². The Bertz CT molecular complexity index is 1190. The Labute approximate surface area is 195 Å². The highest BCUT2D eigenvalue weighted by atomic mass is 16.5. The molecule has 3 heterocycles. The van der Waals surface area contributed by atoms with Gasteiger partial charge in [0.15, 0.2) is 0 Å². The molecule has 0 fully saturated rings. The Kier molecular flexibility index (Phi) is 7.76. The molecule has 0 atom stereocenters. The van der Waals surface area contributed by atoms with Gasteiger partial charge in [0.2, 0.25) is 0 Å². The van der Waals surface area contributed by atoms with Crippen LogP contribution < -0.4 is 5.56 Å². The van der Waals surface area contributed by atoms with Crippen molar-refractivity contribution >= 4 is 17.4 Å². The minimum Gasteiger partial charge on any atom is -0.378 e. The summed E-state index contributed by atoms with van der Waals surface area (Å²) < 4.78 is 6.78. The maximum atomic E-state index is 12.5.